The van der Waals surface area contributed by atoms with Gasteiger partial charge in [-0.3, -0.25) is 4.98 Å². The van der Waals surface area contributed by atoms with Crippen LogP contribution in [0.4, 0.5) is 5.69 Å². The first-order chi connectivity index (χ1) is 10.1. The highest BCUT2D eigenvalue weighted by Gasteiger charge is 2.11. The van der Waals surface area contributed by atoms with Crippen LogP contribution in [0.25, 0.3) is 10.9 Å². The van der Waals surface area contributed by atoms with Crippen molar-refractivity contribution >= 4 is 16.6 Å². The quantitative estimate of drug-likeness (QED) is 0.638. The molecule has 3 aromatic rings. The Morgan fingerprint density at radius 2 is 1.86 bits per heavy atom. The fourth-order valence-corrected chi connectivity index (χ4v) is 2.37. The molecule has 0 fully saturated rings. The molecule has 2 aromatic carbocycles. The summed E-state index contributed by atoms with van der Waals surface area (Å²) < 4.78 is 0. The van der Waals surface area contributed by atoms with Crippen molar-refractivity contribution in [2.75, 3.05) is 5.32 Å². The van der Waals surface area contributed by atoms with Gasteiger partial charge in [0.05, 0.1) is 23.4 Å². The van der Waals surface area contributed by atoms with E-state index in [0.29, 0.717) is 5.56 Å². The van der Waals surface area contributed by atoms with Gasteiger partial charge < -0.3 is 15.5 Å². The number of rotatable bonds is 3. The second kappa shape index (κ2) is 5.32. The molecule has 0 aliphatic heterocycles. The monoisotopic (exact) mass is 280 g/mol. The highest BCUT2D eigenvalue weighted by atomic mass is 16.3. The van der Waals surface area contributed by atoms with E-state index in [1.54, 1.807) is 12.3 Å². The Morgan fingerprint density at radius 3 is 2.71 bits per heavy atom. The van der Waals surface area contributed by atoms with Gasteiger partial charge in [0.25, 0.3) is 0 Å². The van der Waals surface area contributed by atoms with Crippen LogP contribution in [0.5, 0.6) is 11.5 Å². The molecule has 0 radical (unpaired) electrons. The van der Waals surface area contributed by atoms with Gasteiger partial charge in [-0.2, -0.15) is 0 Å². The summed E-state index contributed by atoms with van der Waals surface area (Å²) in [5.74, 6) is 0.287. The maximum absolute atomic E-state index is 9.89. The Morgan fingerprint density at radius 1 is 1.05 bits per heavy atom. The number of nitrogens with zero attached hydrogens (tertiary/aromatic N) is 1. The Hall–Kier alpha value is -2.75. The number of benzene rings is 2. The summed E-state index contributed by atoms with van der Waals surface area (Å²) in [5.41, 5.74) is 2.45. The second-order valence-corrected chi connectivity index (χ2v) is 5.03. The van der Waals surface area contributed by atoms with Gasteiger partial charge in [0.1, 0.15) is 11.5 Å². The number of fused-ring (bicyclic) bond motifs is 1. The normalized spacial score (nSPS) is 12.2. The molecule has 3 N–H and O–H groups in total. The zero-order valence-electron chi connectivity index (χ0n) is 11.6. The summed E-state index contributed by atoms with van der Waals surface area (Å²) >= 11 is 0. The molecule has 3 rings (SSSR count). The molecule has 106 valence electrons. The number of para-hydroxylation sites is 1. The van der Waals surface area contributed by atoms with Gasteiger partial charge in [0, 0.05) is 10.9 Å². The lowest BCUT2D eigenvalue weighted by Crippen LogP contribution is -2.07. The number of pyridine rings is 1. The maximum Gasteiger partial charge on any atom is 0.121 e. The second-order valence-electron chi connectivity index (χ2n) is 5.03. The summed E-state index contributed by atoms with van der Waals surface area (Å²) in [7, 11) is 0. The molecule has 4 heteroatoms. The lowest BCUT2D eigenvalue weighted by atomic mass is 10.1. The summed E-state index contributed by atoms with van der Waals surface area (Å²) in [6.07, 6.45) is 1.76. The van der Waals surface area contributed by atoms with Gasteiger partial charge in [-0.25, -0.2) is 0 Å². The molecule has 0 aliphatic rings. The van der Waals surface area contributed by atoms with Gasteiger partial charge in [-0.1, -0.05) is 18.2 Å². The van der Waals surface area contributed by atoms with E-state index in [1.165, 1.54) is 12.1 Å². The fourth-order valence-electron chi connectivity index (χ4n) is 2.37. The van der Waals surface area contributed by atoms with E-state index in [4.69, 9.17) is 0 Å². The van der Waals surface area contributed by atoms with Gasteiger partial charge in [-0.15, -0.1) is 0 Å². The smallest absolute Gasteiger partial charge is 0.121 e. The summed E-state index contributed by atoms with van der Waals surface area (Å²) in [5, 5.41) is 23.8. The van der Waals surface area contributed by atoms with Gasteiger partial charge in [-0.05, 0) is 37.3 Å². The van der Waals surface area contributed by atoms with Crippen LogP contribution in [-0.2, 0) is 0 Å². The highest BCUT2D eigenvalue weighted by Crippen LogP contribution is 2.30. The van der Waals surface area contributed by atoms with E-state index in [2.05, 4.69) is 10.3 Å². The predicted molar refractivity (Wildman–Crippen MR) is 83.6 cm³/mol. The van der Waals surface area contributed by atoms with E-state index in [0.717, 1.165) is 16.6 Å². The first-order valence-electron chi connectivity index (χ1n) is 6.77. The van der Waals surface area contributed by atoms with E-state index in [1.807, 2.05) is 37.3 Å². The molecule has 0 amide bonds. The Kier molecular flexibility index (Phi) is 3.36. The van der Waals surface area contributed by atoms with Gasteiger partial charge in [0.15, 0.2) is 0 Å². The van der Waals surface area contributed by atoms with E-state index in [-0.39, 0.29) is 17.5 Å². The lowest BCUT2D eigenvalue weighted by molar-refractivity contribution is 0.451. The van der Waals surface area contributed by atoms with Crippen molar-refractivity contribution in [2.45, 2.75) is 13.0 Å². The number of aromatic hydroxyl groups is 2. The zero-order chi connectivity index (χ0) is 14.8. The summed E-state index contributed by atoms with van der Waals surface area (Å²) in [6, 6.07) is 14.3. The van der Waals surface area contributed by atoms with Crippen LogP contribution in [0.15, 0.2) is 54.7 Å². The minimum Gasteiger partial charge on any atom is -0.508 e. The molecule has 1 unspecified atom stereocenters. The number of aromatic nitrogens is 1. The first-order valence-corrected chi connectivity index (χ1v) is 6.77. The van der Waals surface area contributed by atoms with E-state index >= 15 is 0 Å². The largest absolute Gasteiger partial charge is 0.508 e. The van der Waals surface area contributed by atoms with Crippen LogP contribution in [0.3, 0.4) is 0 Å². The molecule has 0 aliphatic carbocycles. The zero-order valence-corrected chi connectivity index (χ0v) is 11.6. The average molecular weight is 280 g/mol. The molecule has 21 heavy (non-hydrogen) atoms. The van der Waals surface area contributed by atoms with Gasteiger partial charge >= 0.3 is 0 Å². The van der Waals surface area contributed by atoms with Crippen molar-refractivity contribution < 1.29 is 10.2 Å². The summed E-state index contributed by atoms with van der Waals surface area (Å²) in [4.78, 5) is 4.39. The SMILES string of the molecule is CC(Nc1cnc2ccccc2c1)c1cc(O)ccc1O. The molecule has 0 saturated carbocycles. The maximum atomic E-state index is 9.89. The highest BCUT2D eigenvalue weighted by molar-refractivity contribution is 5.81. The van der Waals surface area contributed by atoms with Crippen LogP contribution >= 0.6 is 0 Å². The predicted octanol–water partition coefficient (Wildman–Crippen LogP) is 3.82. The molecule has 1 heterocycles. The first kappa shape index (κ1) is 13.2. The molecule has 4 nitrogen and oxygen atoms in total. The average Bonchev–Trinajstić information content (AvgIpc) is 2.49. The summed E-state index contributed by atoms with van der Waals surface area (Å²) in [6.45, 7) is 1.92. The topological polar surface area (TPSA) is 65.4 Å². The lowest BCUT2D eigenvalue weighted by Gasteiger charge is -2.17. The van der Waals surface area contributed by atoms with Crippen LogP contribution in [0.1, 0.15) is 18.5 Å². The minimum atomic E-state index is -0.153. The minimum absolute atomic E-state index is 0.132. The van der Waals surface area contributed by atoms with Crippen LogP contribution in [-0.4, -0.2) is 15.2 Å². The molecular formula is C17H16N2O2. The molecule has 0 saturated heterocycles. The number of nitrogens with one attached hydrogen (secondary N) is 1. The van der Waals surface area contributed by atoms with Crippen molar-refractivity contribution in [1.82, 2.24) is 4.98 Å². The fraction of sp³-hybridized carbons (Fsp3) is 0.118. The van der Waals surface area contributed by atoms with Crippen molar-refractivity contribution in [3.05, 3.63) is 60.3 Å². The van der Waals surface area contributed by atoms with Crippen molar-refractivity contribution in [1.29, 1.82) is 0 Å². The van der Waals surface area contributed by atoms with Crippen LogP contribution < -0.4 is 5.32 Å². The molecule has 1 aromatic heterocycles. The van der Waals surface area contributed by atoms with E-state index < -0.39 is 0 Å². The number of phenolic OH excluding ortho intramolecular Hbond substituents is 2. The Bertz CT molecular complexity index is 787. The third-order valence-electron chi connectivity index (χ3n) is 3.45. The van der Waals surface area contributed by atoms with Crippen LogP contribution in [0.2, 0.25) is 0 Å². The molecular weight excluding hydrogens is 264 g/mol. The number of anilines is 1. The van der Waals surface area contributed by atoms with Crippen molar-refractivity contribution in [3.63, 3.8) is 0 Å². The number of hydrogen-bond acceptors (Lipinski definition) is 4. The third-order valence-corrected chi connectivity index (χ3v) is 3.45. The Balaban J connectivity index is 1.88. The van der Waals surface area contributed by atoms with Crippen molar-refractivity contribution in [2.24, 2.45) is 0 Å². The third kappa shape index (κ3) is 2.74. The standard InChI is InChI=1S/C17H16N2O2/c1-11(15-9-14(20)6-7-17(15)21)19-13-8-12-4-2-3-5-16(12)18-10-13/h2-11,19-21H,1H3. The number of hydrogen-bond donors (Lipinski definition) is 3. The molecule has 1 atom stereocenters. The Labute approximate surface area is 122 Å². The van der Waals surface area contributed by atoms with Crippen molar-refractivity contribution in [3.8, 4) is 11.5 Å². The van der Waals surface area contributed by atoms with E-state index in [9.17, 15) is 10.2 Å². The molecule has 0 spiro atoms. The van der Waals surface area contributed by atoms with Crippen LogP contribution in [0, 0.1) is 0 Å². The number of phenols is 2. The molecule has 0 bridgehead atoms. The van der Waals surface area contributed by atoms with Gasteiger partial charge in [0.2, 0.25) is 0 Å².